The van der Waals surface area contributed by atoms with E-state index >= 15 is 0 Å². The summed E-state index contributed by atoms with van der Waals surface area (Å²) >= 11 is 0. The molecule has 0 saturated heterocycles. The summed E-state index contributed by atoms with van der Waals surface area (Å²) in [6.45, 7) is 5.26. The van der Waals surface area contributed by atoms with Crippen molar-refractivity contribution in [3.63, 3.8) is 0 Å². The van der Waals surface area contributed by atoms with Gasteiger partial charge in [0, 0.05) is 36.2 Å². The normalized spacial score (nSPS) is 18.7. The van der Waals surface area contributed by atoms with Gasteiger partial charge in [0.05, 0.1) is 33.5 Å². The third kappa shape index (κ3) is 5.48. The number of carbonyl (C=O) groups excluding carboxylic acids is 3. The van der Waals surface area contributed by atoms with E-state index < -0.39 is 17.9 Å². The molecular weight excluding hydrogens is 502 g/mol. The van der Waals surface area contributed by atoms with Gasteiger partial charge in [-0.2, -0.15) is 0 Å². The zero-order chi connectivity index (χ0) is 28.3. The van der Waals surface area contributed by atoms with Gasteiger partial charge < -0.3 is 29.0 Å². The Hall–Kier alpha value is -4.27. The number of rotatable bonds is 8. The van der Waals surface area contributed by atoms with Crippen molar-refractivity contribution >= 4 is 17.7 Å². The number of allylic oxidation sites excluding steroid dienone is 3. The summed E-state index contributed by atoms with van der Waals surface area (Å²) in [6, 6.07) is 10.7. The molecular formula is C30H33NO8. The van der Waals surface area contributed by atoms with E-state index in [1.54, 1.807) is 39.3 Å². The minimum absolute atomic E-state index is 0.0792. The third-order valence-electron chi connectivity index (χ3n) is 6.97. The highest BCUT2D eigenvalue weighted by molar-refractivity contribution is 6.04. The molecule has 1 aliphatic carbocycles. The van der Waals surface area contributed by atoms with Crippen LogP contribution in [-0.2, 0) is 19.1 Å². The molecule has 2 aromatic rings. The third-order valence-corrected chi connectivity index (χ3v) is 6.97. The van der Waals surface area contributed by atoms with Gasteiger partial charge in [-0.15, -0.1) is 0 Å². The monoisotopic (exact) mass is 535 g/mol. The maximum Gasteiger partial charge on any atom is 0.336 e. The number of benzene rings is 2. The molecule has 9 heteroatoms. The maximum atomic E-state index is 13.8. The first-order valence-electron chi connectivity index (χ1n) is 12.7. The van der Waals surface area contributed by atoms with Crippen LogP contribution in [0.25, 0.3) is 0 Å². The van der Waals surface area contributed by atoms with Gasteiger partial charge >= 0.3 is 11.9 Å². The van der Waals surface area contributed by atoms with Crippen molar-refractivity contribution in [1.82, 2.24) is 5.32 Å². The van der Waals surface area contributed by atoms with Gasteiger partial charge in [0.25, 0.3) is 0 Å². The van der Waals surface area contributed by atoms with Crippen LogP contribution in [0.1, 0.15) is 56.6 Å². The number of ketones is 1. The number of nitrogens with one attached hydrogen (secondary N) is 1. The van der Waals surface area contributed by atoms with E-state index in [-0.39, 0.29) is 23.9 Å². The highest BCUT2D eigenvalue weighted by Crippen LogP contribution is 2.47. The summed E-state index contributed by atoms with van der Waals surface area (Å²) in [5.74, 6) is -0.0532. The van der Waals surface area contributed by atoms with Crippen molar-refractivity contribution in [3.8, 4) is 23.0 Å². The molecule has 0 fully saturated rings. The van der Waals surface area contributed by atoms with E-state index in [4.69, 9.17) is 23.7 Å². The van der Waals surface area contributed by atoms with Crippen LogP contribution >= 0.6 is 0 Å². The Morgan fingerprint density at radius 2 is 1.59 bits per heavy atom. The molecule has 2 unspecified atom stereocenters. The molecule has 0 spiro atoms. The van der Waals surface area contributed by atoms with Crippen molar-refractivity contribution in [2.75, 3.05) is 27.9 Å². The number of hydrogen-bond acceptors (Lipinski definition) is 9. The summed E-state index contributed by atoms with van der Waals surface area (Å²) < 4.78 is 27.0. The second kappa shape index (κ2) is 11.6. The Bertz CT molecular complexity index is 1370. The average Bonchev–Trinajstić information content (AvgIpc) is 2.92. The lowest BCUT2D eigenvalue weighted by Gasteiger charge is -2.36. The van der Waals surface area contributed by atoms with E-state index in [0.29, 0.717) is 52.7 Å². The number of dihydropyridines is 1. The molecule has 0 radical (unpaired) electrons. The number of esters is 2. The highest BCUT2D eigenvalue weighted by atomic mass is 16.6. The first kappa shape index (κ1) is 27.8. The molecule has 0 amide bonds. The van der Waals surface area contributed by atoms with Gasteiger partial charge in [-0.3, -0.25) is 9.59 Å². The first-order chi connectivity index (χ1) is 18.7. The molecule has 206 valence electrons. The summed E-state index contributed by atoms with van der Waals surface area (Å²) in [6.07, 6.45) is 0.812. The van der Waals surface area contributed by atoms with Crippen molar-refractivity contribution < 1.29 is 38.1 Å². The summed E-state index contributed by atoms with van der Waals surface area (Å²) in [5, 5.41) is 3.32. The highest BCUT2D eigenvalue weighted by Gasteiger charge is 2.41. The molecule has 2 aromatic carbocycles. The van der Waals surface area contributed by atoms with Crippen molar-refractivity contribution in [2.24, 2.45) is 0 Å². The van der Waals surface area contributed by atoms with Crippen LogP contribution in [-0.4, -0.2) is 45.7 Å². The number of Topliss-reactive ketones (excluding diaryl/α,β-unsaturated/α-hetero) is 1. The lowest BCUT2D eigenvalue weighted by atomic mass is 9.71. The average molecular weight is 536 g/mol. The van der Waals surface area contributed by atoms with Crippen LogP contribution in [0.15, 0.2) is 58.9 Å². The lowest BCUT2D eigenvalue weighted by molar-refractivity contribution is -0.136. The standard InChI is InChI=1S/C30H33NO8/c1-7-38-26-15-19(9-11-24(26)39-17(3)32)28-27(30(34)37-6)16(2)31-21-12-20(13-22(33)29(21)28)18-8-10-23(35-4)25(14-18)36-5/h8-11,14-15,20,28,31H,7,12-13H2,1-6H3. The second-order valence-corrected chi connectivity index (χ2v) is 9.36. The SMILES string of the molecule is CCOc1cc(C2C(C(=O)OC)=C(C)NC3=C2C(=O)CC(c2ccc(OC)c(OC)c2)C3)ccc1OC(C)=O. The number of ether oxygens (including phenoxy) is 5. The van der Waals surface area contributed by atoms with Gasteiger partial charge in [-0.25, -0.2) is 4.79 Å². The zero-order valence-corrected chi connectivity index (χ0v) is 23.0. The molecule has 1 N–H and O–H groups in total. The van der Waals surface area contributed by atoms with Crippen LogP contribution in [0.2, 0.25) is 0 Å². The Morgan fingerprint density at radius 3 is 2.23 bits per heavy atom. The summed E-state index contributed by atoms with van der Waals surface area (Å²) in [5.41, 5.74) is 3.82. The molecule has 9 nitrogen and oxygen atoms in total. The van der Waals surface area contributed by atoms with Crippen LogP contribution in [0.3, 0.4) is 0 Å². The predicted octanol–water partition coefficient (Wildman–Crippen LogP) is 4.56. The van der Waals surface area contributed by atoms with Gasteiger partial charge in [-0.1, -0.05) is 12.1 Å². The Balaban J connectivity index is 1.81. The molecule has 0 aromatic heterocycles. The van der Waals surface area contributed by atoms with E-state index in [2.05, 4.69) is 5.32 Å². The van der Waals surface area contributed by atoms with Crippen molar-refractivity contribution in [3.05, 3.63) is 70.1 Å². The molecule has 4 rings (SSSR count). The van der Waals surface area contributed by atoms with Gasteiger partial charge in [0.15, 0.2) is 28.8 Å². The second-order valence-electron chi connectivity index (χ2n) is 9.36. The molecule has 0 saturated carbocycles. The number of methoxy groups -OCH3 is 3. The van der Waals surface area contributed by atoms with E-state index in [0.717, 1.165) is 11.3 Å². The fourth-order valence-corrected chi connectivity index (χ4v) is 5.31. The van der Waals surface area contributed by atoms with E-state index in [1.165, 1.54) is 14.0 Å². The van der Waals surface area contributed by atoms with Gasteiger partial charge in [-0.05, 0) is 61.6 Å². The molecule has 0 bridgehead atoms. The Labute approximate surface area is 227 Å². The summed E-state index contributed by atoms with van der Waals surface area (Å²) in [4.78, 5) is 38.4. The molecule has 2 aliphatic rings. The lowest BCUT2D eigenvalue weighted by Crippen LogP contribution is -2.36. The Morgan fingerprint density at radius 1 is 0.923 bits per heavy atom. The zero-order valence-electron chi connectivity index (χ0n) is 23.0. The molecule has 2 atom stereocenters. The van der Waals surface area contributed by atoms with E-state index in [9.17, 15) is 14.4 Å². The number of carbonyl (C=O) groups is 3. The van der Waals surface area contributed by atoms with Crippen LogP contribution in [0, 0.1) is 0 Å². The van der Waals surface area contributed by atoms with Gasteiger partial charge in [0.1, 0.15) is 0 Å². The largest absolute Gasteiger partial charge is 0.493 e. The van der Waals surface area contributed by atoms with Crippen molar-refractivity contribution in [1.29, 1.82) is 0 Å². The minimum Gasteiger partial charge on any atom is -0.493 e. The topological polar surface area (TPSA) is 109 Å². The maximum absolute atomic E-state index is 13.8. The minimum atomic E-state index is -0.682. The van der Waals surface area contributed by atoms with Crippen molar-refractivity contribution in [2.45, 2.75) is 45.4 Å². The smallest absolute Gasteiger partial charge is 0.336 e. The van der Waals surface area contributed by atoms with Crippen LogP contribution < -0.4 is 24.3 Å². The van der Waals surface area contributed by atoms with Crippen LogP contribution in [0.4, 0.5) is 0 Å². The predicted molar refractivity (Wildman–Crippen MR) is 143 cm³/mol. The molecule has 1 aliphatic heterocycles. The van der Waals surface area contributed by atoms with Gasteiger partial charge in [0.2, 0.25) is 0 Å². The molecule has 39 heavy (non-hydrogen) atoms. The fraction of sp³-hybridized carbons (Fsp3) is 0.367. The fourth-order valence-electron chi connectivity index (χ4n) is 5.31. The van der Waals surface area contributed by atoms with E-state index in [1.807, 2.05) is 25.1 Å². The Kier molecular flexibility index (Phi) is 8.28. The molecule has 1 heterocycles. The van der Waals surface area contributed by atoms with Crippen LogP contribution in [0.5, 0.6) is 23.0 Å². The number of hydrogen-bond donors (Lipinski definition) is 1. The quantitative estimate of drug-likeness (QED) is 0.384. The first-order valence-corrected chi connectivity index (χ1v) is 12.7. The summed E-state index contributed by atoms with van der Waals surface area (Å²) in [7, 11) is 4.47.